The number of rotatable bonds is 7. The number of esters is 1. The second-order valence-electron chi connectivity index (χ2n) is 7.49. The summed E-state index contributed by atoms with van der Waals surface area (Å²) in [7, 11) is 0. The van der Waals surface area contributed by atoms with E-state index in [4.69, 9.17) is 4.74 Å². The Labute approximate surface area is 174 Å². The van der Waals surface area contributed by atoms with E-state index in [1.54, 1.807) is 17.5 Å². The summed E-state index contributed by atoms with van der Waals surface area (Å²) >= 11 is 1.30. The minimum Gasteiger partial charge on any atom is -0.454 e. The van der Waals surface area contributed by atoms with Crippen molar-refractivity contribution < 1.29 is 19.1 Å². The van der Waals surface area contributed by atoms with E-state index < -0.39 is 12.0 Å². The zero-order valence-electron chi connectivity index (χ0n) is 16.6. The molecule has 0 saturated heterocycles. The summed E-state index contributed by atoms with van der Waals surface area (Å²) < 4.78 is 5.21. The molecule has 0 aliphatic heterocycles. The van der Waals surface area contributed by atoms with E-state index in [2.05, 4.69) is 16.7 Å². The van der Waals surface area contributed by atoms with Crippen molar-refractivity contribution in [2.75, 3.05) is 6.61 Å². The molecule has 3 rings (SSSR count). The van der Waals surface area contributed by atoms with Gasteiger partial charge >= 0.3 is 5.97 Å². The van der Waals surface area contributed by atoms with Crippen molar-refractivity contribution in [1.29, 1.82) is 0 Å². The molecule has 6 nitrogen and oxygen atoms in total. The summed E-state index contributed by atoms with van der Waals surface area (Å²) in [6, 6.07) is 10.7. The number of hydrogen-bond donors (Lipinski definition) is 2. The summed E-state index contributed by atoms with van der Waals surface area (Å²) in [5.74, 6) is -1.44. The first-order chi connectivity index (χ1) is 14.0. The second-order valence-corrected chi connectivity index (χ2v) is 8.44. The predicted molar refractivity (Wildman–Crippen MR) is 112 cm³/mol. The molecule has 29 heavy (non-hydrogen) atoms. The van der Waals surface area contributed by atoms with Gasteiger partial charge in [-0.15, -0.1) is 11.3 Å². The van der Waals surface area contributed by atoms with Gasteiger partial charge in [0.1, 0.15) is 6.04 Å². The Kier molecular flexibility index (Phi) is 7.04. The monoisotopic (exact) mass is 414 g/mol. The van der Waals surface area contributed by atoms with Crippen molar-refractivity contribution in [2.24, 2.45) is 5.92 Å². The molecule has 2 N–H and O–H groups in total. The lowest BCUT2D eigenvalue weighted by Crippen LogP contribution is -2.46. The van der Waals surface area contributed by atoms with Gasteiger partial charge in [-0.2, -0.15) is 0 Å². The fraction of sp³-hybridized carbons (Fsp3) is 0.409. The van der Waals surface area contributed by atoms with E-state index in [1.807, 2.05) is 32.0 Å². The van der Waals surface area contributed by atoms with Crippen LogP contribution in [0, 0.1) is 5.92 Å². The van der Waals surface area contributed by atoms with Gasteiger partial charge in [-0.3, -0.25) is 9.59 Å². The third-order valence-corrected chi connectivity index (χ3v) is 5.87. The van der Waals surface area contributed by atoms with E-state index in [0.717, 1.165) is 24.8 Å². The molecular weight excluding hydrogens is 388 g/mol. The average Bonchev–Trinajstić information content (AvgIpc) is 3.25. The van der Waals surface area contributed by atoms with Crippen LogP contribution in [0.15, 0.2) is 41.8 Å². The molecule has 0 unspecified atom stereocenters. The molecule has 1 aromatic heterocycles. The lowest BCUT2D eigenvalue weighted by molar-refractivity contribution is -0.151. The highest BCUT2D eigenvalue weighted by molar-refractivity contribution is 7.12. The minimum atomic E-state index is -0.812. The molecule has 0 radical (unpaired) electrons. The van der Waals surface area contributed by atoms with Gasteiger partial charge in [0, 0.05) is 0 Å². The number of amides is 2. The highest BCUT2D eigenvalue weighted by Gasteiger charge is 2.28. The van der Waals surface area contributed by atoms with Gasteiger partial charge in [0.25, 0.3) is 11.8 Å². The summed E-state index contributed by atoms with van der Waals surface area (Å²) in [5.41, 5.74) is 2.37. The Balaban J connectivity index is 1.53. The topological polar surface area (TPSA) is 84.5 Å². The van der Waals surface area contributed by atoms with Gasteiger partial charge in [-0.1, -0.05) is 44.2 Å². The normalized spacial score (nSPS) is 16.6. The number of aryl methyl sites for hydroxylation is 1. The number of nitrogens with one attached hydrogen (secondary N) is 2. The van der Waals surface area contributed by atoms with Crippen LogP contribution in [-0.4, -0.2) is 30.4 Å². The molecule has 1 aliphatic rings. The molecule has 0 bridgehead atoms. The Morgan fingerprint density at radius 1 is 1.17 bits per heavy atom. The molecule has 0 spiro atoms. The number of fused-ring (bicyclic) bond motifs is 1. The van der Waals surface area contributed by atoms with Crippen LogP contribution in [0.5, 0.6) is 0 Å². The highest BCUT2D eigenvalue weighted by atomic mass is 32.1. The van der Waals surface area contributed by atoms with Gasteiger partial charge in [0.15, 0.2) is 6.61 Å². The Bertz CT molecular complexity index is 863. The quantitative estimate of drug-likeness (QED) is 0.681. The third kappa shape index (κ3) is 5.44. The zero-order chi connectivity index (χ0) is 20.8. The fourth-order valence-corrected chi connectivity index (χ4v) is 4.11. The van der Waals surface area contributed by atoms with Crippen molar-refractivity contribution in [3.63, 3.8) is 0 Å². The van der Waals surface area contributed by atoms with Crippen molar-refractivity contribution in [3.8, 4) is 0 Å². The maximum atomic E-state index is 12.5. The van der Waals surface area contributed by atoms with Crippen LogP contribution in [0.1, 0.15) is 53.5 Å². The van der Waals surface area contributed by atoms with Gasteiger partial charge in [0.05, 0.1) is 10.9 Å². The van der Waals surface area contributed by atoms with Crippen molar-refractivity contribution >= 4 is 29.1 Å². The van der Waals surface area contributed by atoms with Crippen molar-refractivity contribution in [1.82, 2.24) is 10.6 Å². The SMILES string of the molecule is CC(C)[C@@H](NC(=O)c1cccs1)C(=O)OCC(=O)N[C@@H]1CCCc2ccccc21. The summed E-state index contributed by atoms with van der Waals surface area (Å²) in [5, 5.41) is 7.46. The molecule has 1 aliphatic carbocycles. The molecular formula is C22H26N2O4S. The summed E-state index contributed by atoms with van der Waals surface area (Å²) in [4.78, 5) is 37.6. The van der Waals surface area contributed by atoms with Crippen LogP contribution < -0.4 is 10.6 Å². The summed E-state index contributed by atoms with van der Waals surface area (Å²) in [6.45, 7) is 3.27. The standard InChI is InChI=1S/C22H26N2O4S/c1-14(2)20(24-21(26)18-11-6-12-29-18)22(27)28-13-19(25)23-17-10-5-8-15-7-3-4-9-16(15)17/h3-4,6-7,9,11-12,14,17,20H,5,8,10,13H2,1-2H3,(H,23,25)(H,24,26)/t17-,20-/m1/s1. The lowest BCUT2D eigenvalue weighted by Gasteiger charge is -2.26. The van der Waals surface area contributed by atoms with Gasteiger partial charge in [-0.25, -0.2) is 4.79 Å². The number of thiophene rings is 1. The van der Waals surface area contributed by atoms with Crippen LogP contribution in [0.2, 0.25) is 0 Å². The van der Waals surface area contributed by atoms with Crippen LogP contribution in [0.3, 0.4) is 0 Å². The number of carbonyl (C=O) groups is 3. The lowest BCUT2D eigenvalue weighted by atomic mass is 9.88. The molecule has 154 valence electrons. The second kappa shape index (κ2) is 9.69. The first-order valence-corrected chi connectivity index (χ1v) is 10.7. The number of hydrogen-bond acceptors (Lipinski definition) is 5. The maximum absolute atomic E-state index is 12.5. The van der Waals surface area contributed by atoms with E-state index in [0.29, 0.717) is 4.88 Å². The molecule has 1 heterocycles. The van der Waals surface area contributed by atoms with E-state index in [9.17, 15) is 14.4 Å². The number of carbonyl (C=O) groups excluding carboxylic acids is 3. The molecule has 0 saturated carbocycles. The molecule has 0 fully saturated rings. The van der Waals surface area contributed by atoms with Crippen LogP contribution in [0.25, 0.3) is 0 Å². The minimum absolute atomic E-state index is 0.0643. The van der Waals surface area contributed by atoms with Crippen LogP contribution in [0.4, 0.5) is 0 Å². The van der Waals surface area contributed by atoms with Gasteiger partial charge < -0.3 is 15.4 Å². The van der Waals surface area contributed by atoms with E-state index in [1.165, 1.54) is 16.9 Å². The fourth-order valence-electron chi connectivity index (χ4n) is 3.48. The zero-order valence-corrected chi connectivity index (χ0v) is 17.5. The van der Waals surface area contributed by atoms with Crippen molar-refractivity contribution in [2.45, 2.75) is 45.2 Å². The molecule has 1 aromatic carbocycles. The number of ether oxygens (including phenoxy) is 1. The Morgan fingerprint density at radius 2 is 1.97 bits per heavy atom. The largest absolute Gasteiger partial charge is 0.454 e. The highest BCUT2D eigenvalue weighted by Crippen LogP contribution is 2.29. The van der Waals surface area contributed by atoms with E-state index >= 15 is 0 Å². The Morgan fingerprint density at radius 3 is 2.69 bits per heavy atom. The Hall–Kier alpha value is -2.67. The smallest absolute Gasteiger partial charge is 0.329 e. The third-order valence-electron chi connectivity index (χ3n) is 5.00. The molecule has 7 heteroatoms. The maximum Gasteiger partial charge on any atom is 0.329 e. The summed E-state index contributed by atoms with van der Waals surface area (Å²) in [6.07, 6.45) is 2.88. The van der Waals surface area contributed by atoms with Crippen LogP contribution >= 0.6 is 11.3 Å². The van der Waals surface area contributed by atoms with Crippen molar-refractivity contribution in [3.05, 3.63) is 57.8 Å². The van der Waals surface area contributed by atoms with E-state index in [-0.39, 0.29) is 30.4 Å². The first-order valence-electron chi connectivity index (χ1n) is 9.84. The predicted octanol–water partition coefficient (Wildman–Crippen LogP) is 3.24. The molecule has 2 aromatic rings. The van der Waals surface area contributed by atoms with Crippen LogP contribution in [-0.2, 0) is 20.7 Å². The first kappa shape index (κ1) is 21.0. The molecule has 2 amide bonds. The van der Waals surface area contributed by atoms with Gasteiger partial charge in [-0.05, 0) is 47.8 Å². The average molecular weight is 415 g/mol. The number of benzene rings is 1. The molecule has 2 atom stereocenters. The van der Waals surface area contributed by atoms with Gasteiger partial charge in [0.2, 0.25) is 0 Å².